The minimum atomic E-state index is -0.785. The quantitative estimate of drug-likeness (QED) is 0.388. The predicted molar refractivity (Wildman–Crippen MR) is 136 cm³/mol. The van der Waals surface area contributed by atoms with E-state index in [1.165, 1.54) is 0 Å². The fourth-order valence-corrected chi connectivity index (χ4v) is 4.93. The second-order valence-corrected chi connectivity index (χ2v) is 9.80. The second-order valence-electron chi connectivity index (χ2n) is 9.80. The first-order valence-electron chi connectivity index (χ1n) is 12.5. The molecule has 2 aliphatic rings. The van der Waals surface area contributed by atoms with Gasteiger partial charge in [0, 0.05) is 6.54 Å². The number of β-lactam (4-membered cyclic amide) rings is 1. The first-order chi connectivity index (χ1) is 17.5. The zero-order valence-electron chi connectivity index (χ0n) is 20.8. The van der Waals surface area contributed by atoms with Crippen LogP contribution in [0.4, 0.5) is 0 Å². The van der Waals surface area contributed by atoms with E-state index in [1.807, 2.05) is 110 Å². The summed E-state index contributed by atoms with van der Waals surface area (Å²) in [4.78, 5) is 15.1. The van der Waals surface area contributed by atoms with Crippen LogP contribution < -0.4 is 0 Å². The van der Waals surface area contributed by atoms with Crippen molar-refractivity contribution < 1.29 is 23.7 Å². The molecule has 0 saturated carbocycles. The number of nitrogens with zero attached hydrogens (tertiary/aromatic N) is 1. The standard InChI is InChI=1S/C30H33NO5/c1-30(2)35-25(21-33-19-23-14-8-4-9-15-23)27(36-30)26-28(34-20-24-16-10-5-11-17-24)29(32)31(26)18-22-12-6-3-7-13-22/h3-17,25-28H,18-21H2,1-2H3/t25-,26-,27+,28+/m0/s1. The van der Waals surface area contributed by atoms with Crippen LogP contribution in [0.25, 0.3) is 0 Å². The fraction of sp³-hybridized carbons (Fsp3) is 0.367. The van der Waals surface area contributed by atoms with E-state index < -0.39 is 11.9 Å². The molecule has 6 heteroatoms. The normalized spacial score (nSPS) is 25.1. The van der Waals surface area contributed by atoms with Crippen LogP contribution >= 0.6 is 0 Å². The van der Waals surface area contributed by atoms with Crippen molar-refractivity contribution in [2.45, 2.75) is 63.7 Å². The Morgan fingerprint density at radius 1 is 0.778 bits per heavy atom. The summed E-state index contributed by atoms with van der Waals surface area (Å²) in [6.07, 6.45) is -1.31. The summed E-state index contributed by atoms with van der Waals surface area (Å²) in [6.45, 7) is 5.50. The molecule has 2 aliphatic heterocycles. The molecule has 3 aromatic rings. The Bertz CT molecular complexity index is 1120. The zero-order valence-corrected chi connectivity index (χ0v) is 20.8. The maximum Gasteiger partial charge on any atom is 0.254 e. The summed E-state index contributed by atoms with van der Waals surface area (Å²) in [5, 5.41) is 0. The van der Waals surface area contributed by atoms with Gasteiger partial charge in [-0.1, -0.05) is 91.0 Å². The molecule has 188 valence electrons. The third kappa shape index (κ3) is 5.68. The molecule has 36 heavy (non-hydrogen) atoms. The van der Waals surface area contributed by atoms with E-state index in [0.29, 0.717) is 26.4 Å². The first kappa shape index (κ1) is 24.7. The monoisotopic (exact) mass is 487 g/mol. The van der Waals surface area contributed by atoms with Gasteiger partial charge in [0.25, 0.3) is 5.91 Å². The number of amides is 1. The van der Waals surface area contributed by atoms with E-state index >= 15 is 0 Å². The van der Waals surface area contributed by atoms with Crippen LogP contribution in [0.5, 0.6) is 0 Å². The molecule has 2 fully saturated rings. The number of ether oxygens (including phenoxy) is 4. The van der Waals surface area contributed by atoms with Crippen LogP contribution in [0.2, 0.25) is 0 Å². The lowest BCUT2D eigenvalue weighted by Crippen LogP contribution is -2.70. The zero-order chi connectivity index (χ0) is 25.0. The van der Waals surface area contributed by atoms with Crippen LogP contribution in [0.15, 0.2) is 91.0 Å². The van der Waals surface area contributed by atoms with Crippen molar-refractivity contribution in [1.82, 2.24) is 4.90 Å². The van der Waals surface area contributed by atoms with Gasteiger partial charge >= 0.3 is 0 Å². The highest BCUT2D eigenvalue weighted by Crippen LogP contribution is 2.39. The Morgan fingerprint density at radius 2 is 1.33 bits per heavy atom. The number of rotatable bonds is 10. The topological polar surface area (TPSA) is 57.2 Å². The van der Waals surface area contributed by atoms with E-state index in [9.17, 15) is 4.79 Å². The average Bonchev–Trinajstić information content (AvgIpc) is 3.20. The minimum Gasteiger partial charge on any atom is -0.374 e. The van der Waals surface area contributed by atoms with Gasteiger partial charge in [-0.15, -0.1) is 0 Å². The summed E-state index contributed by atoms with van der Waals surface area (Å²) < 4.78 is 24.9. The van der Waals surface area contributed by atoms with Crippen molar-refractivity contribution in [2.24, 2.45) is 0 Å². The summed E-state index contributed by atoms with van der Waals surface area (Å²) in [7, 11) is 0. The average molecular weight is 488 g/mol. The van der Waals surface area contributed by atoms with Gasteiger partial charge in [0.2, 0.25) is 0 Å². The van der Waals surface area contributed by atoms with Crippen LogP contribution in [0.1, 0.15) is 30.5 Å². The number of likely N-dealkylation sites (tertiary alicyclic amines) is 1. The van der Waals surface area contributed by atoms with E-state index in [1.54, 1.807) is 0 Å². The highest BCUT2D eigenvalue weighted by atomic mass is 16.8. The van der Waals surface area contributed by atoms with Gasteiger partial charge < -0.3 is 23.8 Å². The van der Waals surface area contributed by atoms with Gasteiger partial charge in [-0.05, 0) is 30.5 Å². The molecule has 0 bridgehead atoms. The molecule has 0 unspecified atom stereocenters. The SMILES string of the molecule is CC1(C)O[C@@H]([C@H]2[C@@H](OCc3ccccc3)C(=O)N2Cc2ccccc2)[C@H](COCc2ccccc2)O1. The maximum absolute atomic E-state index is 13.3. The summed E-state index contributed by atoms with van der Waals surface area (Å²) >= 11 is 0. The van der Waals surface area contributed by atoms with Gasteiger partial charge in [0.1, 0.15) is 12.2 Å². The van der Waals surface area contributed by atoms with Crippen molar-refractivity contribution in [3.8, 4) is 0 Å². The molecule has 1 amide bonds. The number of carbonyl (C=O) groups excluding carboxylic acids is 1. The molecule has 0 N–H and O–H groups in total. The largest absolute Gasteiger partial charge is 0.374 e. The van der Waals surface area contributed by atoms with E-state index in [-0.39, 0.29) is 24.2 Å². The van der Waals surface area contributed by atoms with Crippen LogP contribution in [0, 0.1) is 0 Å². The molecule has 0 aliphatic carbocycles. The lowest BCUT2D eigenvalue weighted by Gasteiger charge is -2.49. The Hall–Kier alpha value is -3.03. The molecule has 2 saturated heterocycles. The second kappa shape index (κ2) is 10.9. The summed E-state index contributed by atoms with van der Waals surface area (Å²) in [5.41, 5.74) is 3.19. The molecule has 2 heterocycles. The number of hydrogen-bond donors (Lipinski definition) is 0. The van der Waals surface area contributed by atoms with Crippen molar-refractivity contribution in [2.75, 3.05) is 6.61 Å². The molecule has 0 aromatic heterocycles. The molecule has 0 radical (unpaired) electrons. The van der Waals surface area contributed by atoms with E-state index in [4.69, 9.17) is 18.9 Å². The lowest BCUT2D eigenvalue weighted by atomic mass is 9.89. The van der Waals surface area contributed by atoms with Gasteiger partial charge in [-0.25, -0.2) is 0 Å². The summed E-state index contributed by atoms with van der Waals surface area (Å²) in [5.74, 6) is -0.816. The molecular formula is C30H33NO5. The minimum absolute atomic E-state index is 0.0305. The third-order valence-electron chi connectivity index (χ3n) is 6.62. The number of benzene rings is 3. The smallest absolute Gasteiger partial charge is 0.254 e. The first-order valence-corrected chi connectivity index (χ1v) is 12.5. The Morgan fingerprint density at radius 3 is 1.94 bits per heavy atom. The van der Waals surface area contributed by atoms with Crippen molar-refractivity contribution in [1.29, 1.82) is 0 Å². The van der Waals surface area contributed by atoms with E-state index in [2.05, 4.69) is 0 Å². The van der Waals surface area contributed by atoms with Gasteiger partial charge in [0.05, 0.1) is 25.9 Å². The third-order valence-corrected chi connectivity index (χ3v) is 6.62. The van der Waals surface area contributed by atoms with Crippen molar-refractivity contribution >= 4 is 5.91 Å². The predicted octanol–water partition coefficient (Wildman–Crippen LogP) is 4.72. The molecular weight excluding hydrogens is 454 g/mol. The molecule has 3 aromatic carbocycles. The fourth-order valence-electron chi connectivity index (χ4n) is 4.93. The maximum atomic E-state index is 13.3. The van der Waals surface area contributed by atoms with Gasteiger partial charge in [-0.2, -0.15) is 0 Å². The van der Waals surface area contributed by atoms with Crippen molar-refractivity contribution in [3.63, 3.8) is 0 Å². The Kier molecular flexibility index (Phi) is 7.48. The van der Waals surface area contributed by atoms with Crippen LogP contribution in [-0.2, 0) is 43.5 Å². The van der Waals surface area contributed by atoms with Crippen LogP contribution in [-0.4, -0.2) is 47.6 Å². The van der Waals surface area contributed by atoms with E-state index in [0.717, 1.165) is 16.7 Å². The molecule has 6 nitrogen and oxygen atoms in total. The van der Waals surface area contributed by atoms with Crippen molar-refractivity contribution in [3.05, 3.63) is 108 Å². The van der Waals surface area contributed by atoms with Crippen LogP contribution in [0.3, 0.4) is 0 Å². The Balaban J connectivity index is 1.33. The lowest BCUT2D eigenvalue weighted by molar-refractivity contribution is -0.199. The number of carbonyl (C=O) groups is 1. The van der Waals surface area contributed by atoms with Gasteiger partial charge in [0.15, 0.2) is 11.9 Å². The molecule has 0 spiro atoms. The number of hydrogen-bond acceptors (Lipinski definition) is 5. The molecule has 4 atom stereocenters. The highest BCUT2D eigenvalue weighted by Gasteiger charge is 2.58. The Labute approximate surface area is 212 Å². The highest BCUT2D eigenvalue weighted by molar-refractivity contribution is 5.88. The van der Waals surface area contributed by atoms with Gasteiger partial charge in [-0.3, -0.25) is 4.79 Å². The molecule has 5 rings (SSSR count). The summed E-state index contributed by atoms with van der Waals surface area (Å²) in [6, 6.07) is 29.7.